The summed E-state index contributed by atoms with van der Waals surface area (Å²) in [6.45, 7) is 4.18. The number of carbonyl (C=O) groups is 1. The van der Waals surface area contributed by atoms with Gasteiger partial charge >= 0.3 is 0 Å². The minimum absolute atomic E-state index is 0.120. The van der Waals surface area contributed by atoms with Gasteiger partial charge in [0.15, 0.2) is 0 Å². The Bertz CT molecular complexity index is 451. The molecule has 0 aliphatic carbocycles. The van der Waals surface area contributed by atoms with Crippen molar-refractivity contribution in [2.24, 2.45) is 0 Å². The van der Waals surface area contributed by atoms with Crippen LogP contribution in [0.4, 0.5) is 0 Å². The van der Waals surface area contributed by atoms with Crippen LogP contribution in [-0.2, 0) is 4.79 Å². The van der Waals surface area contributed by atoms with E-state index in [1.54, 1.807) is 24.3 Å². The van der Waals surface area contributed by atoms with Crippen LogP contribution in [0.1, 0.15) is 45.1 Å². The van der Waals surface area contributed by atoms with Crippen molar-refractivity contribution in [2.75, 3.05) is 0 Å². The molecule has 1 aromatic carbocycles. The Morgan fingerprint density at radius 1 is 1.30 bits per heavy atom. The van der Waals surface area contributed by atoms with Crippen molar-refractivity contribution in [3.05, 3.63) is 39.9 Å². The second-order valence-corrected chi connectivity index (χ2v) is 5.69. The Hall–Kier alpha value is -0.990. The molecule has 2 nitrogen and oxygen atoms in total. The lowest BCUT2D eigenvalue weighted by atomic mass is 10.1. The molecule has 1 aromatic rings. The fraction of sp³-hybridized carbons (Fsp3) is 0.438. The summed E-state index contributed by atoms with van der Waals surface area (Å²) in [7, 11) is 0. The van der Waals surface area contributed by atoms with E-state index >= 15 is 0 Å². The molecule has 1 N–H and O–H groups in total. The Morgan fingerprint density at radius 3 is 2.55 bits per heavy atom. The molecule has 0 aromatic heterocycles. The van der Waals surface area contributed by atoms with Crippen LogP contribution < -0.4 is 5.32 Å². The lowest BCUT2D eigenvalue weighted by molar-refractivity contribution is -0.117. The standard InChI is InChI=1S/C16H21Cl2NO/c1-3-4-5-7-12(2)19-16(20)11-10-13-14(17)8-6-9-15(13)18/h6,8-12H,3-5,7H2,1-2H3,(H,19,20)/b11-10+/t12-/m0/s1. The van der Waals surface area contributed by atoms with Gasteiger partial charge in [0.05, 0.1) is 0 Å². The molecule has 0 spiro atoms. The van der Waals surface area contributed by atoms with Gasteiger partial charge in [-0.15, -0.1) is 0 Å². The maximum atomic E-state index is 11.8. The molecule has 0 unspecified atom stereocenters. The number of amides is 1. The molecule has 110 valence electrons. The molecule has 0 radical (unpaired) electrons. The molecule has 1 atom stereocenters. The summed E-state index contributed by atoms with van der Waals surface area (Å²) < 4.78 is 0. The van der Waals surface area contributed by atoms with Crippen molar-refractivity contribution in [3.63, 3.8) is 0 Å². The van der Waals surface area contributed by atoms with Crippen LogP contribution in [0, 0.1) is 0 Å². The largest absolute Gasteiger partial charge is 0.350 e. The third kappa shape index (κ3) is 5.98. The first-order valence-electron chi connectivity index (χ1n) is 6.97. The summed E-state index contributed by atoms with van der Waals surface area (Å²) in [5.74, 6) is -0.120. The van der Waals surface area contributed by atoms with Crippen molar-refractivity contribution in [1.82, 2.24) is 5.32 Å². The highest BCUT2D eigenvalue weighted by Gasteiger charge is 2.05. The predicted molar refractivity (Wildman–Crippen MR) is 87.2 cm³/mol. The smallest absolute Gasteiger partial charge is 0.244 e. The zero-order valence-corrected chi connectivity index (χ0v) is 13.5. The third-order valence-corrected chi connectivity index (χ3v) is 3.69. The predicted octanol–water partition coefficient (Wildman–Crippen LogP) is 5.09. The topological polar surface area (TPSA) is 29.1 Å². The SMILES string of the molecule is CCCCC[C@H](C)NC(=O)/C=C/c1c(Cl)cccc1Cl. The Kier molecular flexibility index (Phi) is 7.71. The highest BCUT2D eigenvalue weighted by molar-refractivity contribution is 6.37. The molecule has 1 rings (SSSR count). The quantitative estimate of drug-likeness (QED) is 0.551. The maximum Gasteiger partial charge on any atom is 0.244 e. The minimum atomic E-state index is -0.120. The molecular formula is C16H21Cl2NO. The third-order valence-electron chi connectivity index (χ3n) is 3.03. The second-order valence-electron chi connectivity index (χ2n) is 4.87. The highest BCUT2D eigenvalue weighted by Crippen LogP contribution is 2.25. The first kappa shape index (κ1) is 17.1. The molecule has 0 saturated heterocycles. The van der Waals surface area contributed by atoms with Gasteiger partial charge in [-0.3, -0.25) is 4.79 Å². The van der Waals surface area contributed by atoms with E-state index in [0.717, 1.165) is 12.8 Å². The minimum Gasteiger partial charge on any atom is -0.350 e. The van der Waals surface area contributed by atoms with Crippen LogP contribution in [0.5, 0.6) is 0 Å². The Balaban J connectivity index is 2.51. The molecule has 4 heteroatoms. The van der Waals surface area contributed by atoms with E-state index in [-0.39, 0.29) is 11.9 Å². The average Bonchev–Trinajstić information content (AvgIpc) is 2.38. The average molecular weight is 314 g/mol. The number of nitrogens with one attached hydrogen (secondary N) is 1. The molecule has 0 aliphatic rings. The lowest BCUT2D eigenvalue weighted by Gasteiger charge is -2.11. The van der Waals surface area contributed by atoms with Crippen molar-refractivity contribution in [3.8, 4) is 0 Å². The molecule has 0 fully saturated rings. The van der Waals surface area contributed by atoms with Crippen molar-refractivity contribution >= 4 is 35.2 Å². The summed E-state index contributed by atoms with van der Waals surface area (Å²) in [4.78, 5) is 11.8. The lowest BCUT2D eigenvalue weighted by Crippen LogP contribution is -2.30. The number of rotatable bonds is 7. The summed E-state index contributed by atoms with van der Waals surface area (Å²) in [5.41, 5.74) is 0.671. The fourth-order valence-corrected chi connectivity index (χ4v) is 2.42. The van der Waals surface area contributed by atoms with Gasteiger partial charge in [0.2, 0.25) is 5.91 Å². The summed E-state index contributed by atoms with van der Waals surface area (Å²) >= 11 is 12.1. The van der Waals surface area contributed by atoms with E-state index in [1.165, 1.54) is 18.9 Å². The van der Waals surface area contributed by atoms with Crippen molar-refractivity contribution in [1.29, 1.82) is 0 Å². The second kappa shape index (κ2) is 9.04. The molecule has 0 heterocycles. The number of benzene rings is 1. The number of carbonyl (C=O) groups excluding carboxylic acids is 1. The van der Waals surface area contributed by atoms with E-state index in [4.69, 9.17) is 23.2 Å². The zero-order chi connectivity index (χ0) is 15.0. The van der Waals surface area contributed by atoms with Crippen LogP contribution in [0.15, 0.2) is 24.3 Å². The molecule has 20 heavy (non-hydrogen) atoms. The first-order chi connectivity index (χ1) is 9.54. The normalized spacial score (nSPS) is 12.6. The van der Waals surface area contributed by atoms with Crippen LogP contribution in [-0.4, -0.2) is 11.9 Å². The van der Waals surface area contributed by atoms with Crippen molar-refractivity contribution in [2.45, 2.75) is 45.6 Å². The van der Waals surface area contributed by atoms with E-state index in [0.29, 0.717) is 15.6 Å². The van der Waals surface area contributed by atoms with E-state index in [1.807, 2.05) is 6.92 Å². The summed E-state index contributed by atoms with van der Waals surface area (Å²) in [5, 5.41) is 4.01. The number of unbranched alkanes of at least 4 members (excludes halogenated alkanes) is 2. The molecular weight excluding hydrogens is 293 g/mol. The zero-order valence-electron chi connectivity index (χ0n) is 12.0. The molecule has 0 saturated carbocycles. The monoisotopic (exact) mass is 313 g/mol. The van der Waals surface area contributed by atoms with Crippen LogP contribution in [0.25, 0.3) is 6.08 Å². The van der Waals surface area contributed by atoms with Gasteiger partial charge in [-0.05, 0) is 31.6 Å². The van der Waals surface area contributed by atoms with Crippen molar-refractivity contribution < 1.29 is 4.79 Å². The van der Waals surface area contributed by atoms with Gasteiger partial charge < -0.3 is 5.32 Å². The molecule has 0 aliphatic heterocycles. The summed E-state index contributed by atoms with van der Waals surface area (Å²) in [6.07, 6.45) is 7.65. The van der Waals surface area contributed by atoms with Gasteiger partial charge in [-0.25, -0.2) is 0 Å². The van der Waals surface area contributed by atoms with E-state index < -0.39 is 0 Å². The molecule has 0 bridgehead atoms. The Morgan fingerprint density at radius 2 is 1.95 bits per heavy atom. The van der Waals surface area contributed by atoms with E-state index in [2.05, 4.69) is 12.2 Å². The van der Waals surface area contributed by atoms with Gasteiger partial charge in [0.25, 0.3) is 0 Å². The highest BCUT2D eigenvalue weighted by atomic mass is 35.5. The summed E-state index contributed by atoms with van der Waals surface area (Å²) in [6, 6.07) is 5.45. The number of halogens is 2. The first-order valence-corrected chi connectivity index (χ1v) is 7.72. The number of hydrogen-bond acceptors (Lipinski definition) is 1. The van der Waals surface area contributed by atoms with E-state index in [9.17, 15) is 4.79 Å². The van der Waals surface area contributed by atoms with Crippen LogP contribution in [0.2, 0.25) is 10.0 Å². The maximum absolute atomic E-state index is 11.8. The Labute approximate surface area is 131 Å². The number of hydrogen-bond donors (Lipinski definition) is 1. The van der Waals surface area contributed by atoms with Gasteiger partial charge in [0.1, 0.15) is 0 Å². The van der Waals surface area contributed by atoms with Gasteiger partial charge in [0, 0.05) is 27.7 Å². The van der Waals surface area contributed by atoms with Crippen LogP contribution in [0.3, 0.4) is 0 Å². The fourth-order valence-electron chi connectivity index (χ4n) is 1.89. The van der Waals surface area contributed by atoms with Gasteiger partial charge in [-0.1, -0.05) is 55.5 Å². The van der Waals surface area contributed by atoms with Crippen LogP contribution >= 0.6 is 23.2 Å². The van der Waals surface area contributed by atoms with Gasteiger partial charge in [-0.2, -0.15) is 0 Å². The molecule has 1 amide bonds.